The molecular weight excluding hydrogens is 697 g/mol. The zero-order valence-electron chi connectivity index (χ0n) is 30.7. The van der Waals surface area contributed by atoms with Gasteiger partial charge in [-0.15, -0.1) is 0 Å². The fourth-order valence-electron chi connectivity index (χ4n) is 8.02. The molecule has 0 bridgehead atoms. The van der Waals surface area contributed by atoms with Crippen molar-refractivity contribution < 1.29 is 4.42 Å². The predicted octanol–water partition coefficient (Wildman–Crippen LogP) is 13.5. The summed E-state index contributed by atoms with van der Waals surface area (Å²) in [5.41, 5.74) is 14.3. The first-order valence-electron chi connectivity index (χ1n) is 19.0. The molecule has 5 heteroatoms. The molecular formula is C52H32N4O. The van der Waals surface area contributed by atoms with E-state index in [2.05, 4.69) is 143 Å². The second-order valence-electron chi connectivity index (χ2n) is 14.2. The number of furan rings is 1. The van der Waals surface area contributed by atoms with Crippen LogP contribution in [0.15, 0.2) is 199 Å². The maximum atomic E-state index is 6.66. The van der Waals surface area contributed by atoms with Crippen LogP contribution in [-0.2, 0) is 0 Å². The van der Waals surface area contributed by atoms with E-state index >= 15 is 0 Å². The number of benzene rings is 6. The summed E-state index contributed by atoms with van der Waals surface area (Å²) in [5.74, 6) is 0. The monoisotopic (exact) mass is 728 g/mol. The fraction of sp³-hybridized carbons (Fsp3) is 0. The summed E-state index contributed by atoms with van der Waals surface area (Å²) < 4.78 is 6.66. The zero-order valence-corrected chi connectivity index (χ0v) is 30.7. The van der Waals surface area contributed by atoms with Gasteiger partial charge in [0.2, 0.25) is 0 Å². The minimum absolute atomic E-state index is 0.802. The molecule has 5 heterocycles. The van der Waals surface area contributed by atoms with Crippen molar-refractivity contribution in [2.24, 2.45) is 0 Å². The Bertz CT molecular complexity index is 3240. The van der Waals surface area contributed by atoms with Gasteiger partial charge in [0.05, 0.1) is 28.3 Å². The molecule has 0 saturated heterocycles. The average molecular weight is 729 g/mol. The van der Waals surface area contributed by atoms with Gasteiger partial charge >= 0.3 is 0 Å². The normalized spacial score (nSPS) is 11.5. The van der Waals surface area contributed by atoms with Crippen molar-refractivity contribution in [3.05, 3.63) is 194 Å². The van der Waals surface area contributed by atoms with Crippen LogP contribution in [0.2, 0.25) is 0 Å². The molecule has 0 unspecified atom stereocenters. The Morgan fingerprint density at radius 2 is 0.947 bits per heavy atom. The molecule has 0 aliphatic carbocycles. The van der Waals surface area contributed by atoms with Gasteiger partial charge in [0.1, 0.15) is 11.3 Å². The van der Waals surface area contributed by atoms with Crippen LogP contribution in [0.25, 0.3) is 111 Å². The van der Waals surface area contributed by atoms with E-state index in [-0.39, 0.29) is 0 Å². The van der Waals surface area contributed by atoms with Crippen molar-refractivity contribution in [3.63, 3.8) is 0 Å². The van der Waals surface area contributed by atoms with Crippen LogP contribution in [0, 0.1) is 0 Å². The molecule has 5 aromatic heterocycles. The number of fused-ring (bicyclic) bond motifs is 6. The van der Waals surface area contributed by atoms with Gasteiger partial charge in [-0.25, -0.2) is 9.97 Å². The molecule has 0 amide bonds. The molecule has 6 aromatic carbocycles. The molecule has 0 fully saturated rings. The van der Waals surface area contributed by atoms with E-state index in [1.165, 1.54) is 5.39 Å². The average Bonchev–Trinajstić information content (AvgIpc) is 3.69. The van der Waals surface area contributed by atoms with Crippen molar-refractivity contribution >= 4 is 43.6 Å². The van der Waals surface area contributed by atoms with Crippen LogP contribution in [0.1, 0.15) is 0 Å². The molecule has 57 heavy (non-hydrogen) atoms. The predicted molar refractivity (Wildman–Crippen MR) is 233 cm³/mol. The Morgan fingerprint density at radius 1 is 0.368 bits per heavy atom. The molecule has 0 spiro atoms. The Labute approximate surface area is 328 Å². The first kappa shape index (κ1) is 32.7. The van der Waals surface area contributed by atoms with Gasteiger partial charge < -0.3 is 4.42 Å². The highest BCUT2D eigenvalue weighted by Gasteiger charge is 2.20. The third kappa shape index (κ3) is 5.81. The molecule has 0 saturated carbocycles. The van der Waals surface area contributed by atoms with Crippen LogP contribution in [0.4, 0.5) is 0 Å². The Kier molecular flexibility index (Phi) is 7.74. The number of nitrogens with zero attached hydrogens (tertiary/aromatic N) is 4. The zero-order chi connectivity index (χ0) is 37.7. The Hall–Kier alpha value is -7.76. The summed E-state index contributed by atoms with van der Waals surface area (Å²) in [4.78, 5) is 19.5. The van der Waals surface area contributed by atoms with E-state index < -0.39 is 0 Å². The summed E-state index contributed by atoms with van der Waals surface area (Å²) in [6, 6.07) is 63.2. The highest BCUT2D eigenvalue weighted by molar-refractivity contribution is 6.22. The quantitative estimate of drug-likeness (QED) is 0.171. The van der Waals surface area contributed by atoms with Crippen molar-refractivity contribution in [1.82, 2.24) is 19.9 Å². The van der Waals surface area contributed by atoms with Gasteiger partial charge in [-0.1, -0.05) is 115 Å². The lowest BCUT2D eigenvalue weighted by Crippen LogP contribution is -1.94. The molecule has 0 N–H and O–H groups in total. The Morgan fingerprint density at radius 3 is 1.63 bits per heavy atom. The first-order chi connectivity index (χ1) is 28.2. The molecule has 0 radical (unpaired) electrons. The van der Waals surface area contributed by atoms with Gasteiger partial charge in [0.25, 0.3) is 0 Å². The number of para-hydroxylation sites is 1. The lowest BCUT2D eigenvalue weighted by molar-refractivity contribution is 0.669. The second kappa shape index (κ2) is 13.5. The second-order valence-corrected chi connectivity index (χ2v) is 14.2. The van der Waals surface area contributed by atoms with Crippen LogP contribution < -0.4 is 0 Å². The van der Waals surface area contributed by atoms with E-state index in [0.29, 0.717) is 0 Å². The summed E-state index contributed by atoms with van der Waals surface area (Å²) in [6.07, 6.45) is 3.60. The maximum absolute atomic E-state index is 6.66. The van der Waals surface area contributed by atoms with Crippen LogP contribution in [0.3, 0.4) is 0 Å². The molecule has 5 nitrogen and oxygen atoms in total. The summed E-state index contributed by atoms with van der Waals surface area (Å²) in [5, 5.41) is 5.55. The van der Waals surface area contributed by atoms with Gasteiger partial charge in [0.15, 0.2) is 5.58 Å². The molecule has 0 aliphatic heterocycles. The van der Waals surface area contributed by atoms with Crippen molar-refractivity contribution in [2.75, 3.05) is 0 Å². The third-order valence-corrected chi connectivity index (χ3v) is 10.8. The van der Waals surface area contributed by atoms with E-state index in [1.54, 1.807) is 12.4 Å². The Balaban J connectivity index is 1.02. The number of rotatable bonds is 6. The SMILES string of the molecule is c1ccc(-c2cc(-c3cccc(-c4cccc(-c5ccc6nc(-c7cccc8ccccc78)c7oc8ccccc8c7c6c5)c4)c3)cc(-c3ccccn3)n2)nc1. The number of hydrogen-bond donors (Lipinski definition) is 0. The highest BCUT2D eigenvalue weighted by atomic mass is 16.3. The van der Waals surface area contributed by atoms with E-state index in [0.717, 1.165) is 106 Å². The number of aromatic nitrogens is 4. The molecule has 0 atom stereocenters. The molecule has 11 rings (SSSR count). The van der Waals surface area contributed by atoms with E-state index in [1.807, 2.05) is 48.5 Å². The van der Waals surface area contributed by atoms with Crippen molar-refractivity contribution in [3.8, 4) is 67.4 Å². The molecule has 11 aromatic rings. The molecule has 266 valence electrons. The van der Waals surface area contributed by atoms with Crippen molar-refractivity contribution in [1.29, 1.82) is 0 Å². The minimum atomic E-state index is 0.802. The topological polar surface area (TPSA) is 64.7 Å². The summed E-state index contributed by atoms with van der Waals surface area (Å²) in [7, 11) is 0. The number of pyridine rings is 4. The van der Waals surface area contributed by atoms with Gasteiger partial charge in [0, 0.05) is 34.1 Å². The first-order valence-corrected chi connectivity index (χ1v) is 19.0. The lowest BCUT2D eigenvalue weighted by atomic mass is 9.94. The molecule has 0 aliphatic rings. The maximum Gasteiger partial charge on any atom is 0.162 e. The summed E-state index contributed by atoms with van der Waals surface area (Å²) in [6.45, 7) is 0. The smallest absolute Gasteiger partial charge is 0.162 e. The fourth-order valence-corrected chi connectivity index (χ4v) is 8.02. The van der Waals surface area contributed by atoms with Gasteiger partial charge in [-0.3, -0.25) is 9.97 Å². The minimum Gasteiger partial charge on any atom is -0.454 e. The van der Waals surface area contributed by atoms with E-state index in [9.17, 15) is 0 Å². The van der Waals surface area contributed by atoms with Gasteiger partial charge in [-0.2, -0.15) is 0 Å². The van der Waals surface area contributed by atoms with Crippen molar-refractivity contribution in [2.45, 2.75) is 0 Å². The van der Waals surface area contributed by atoms with E-state index in [4.69, 9.17) is 14.4 Å². The number of hydrogen-bond acceptors (Lipinski definition) is 5. The largest absolute Gasteiger partial charge is 0.454 e. The van der Waals surface area contributed by atoms with Crippen LogP contribution >= 0.6 is 0 Å². The third-order valence-electron chi connectivity index (χ3n) is 10.8. The highest BCUT2D eigenvalue weighted by Crippen LogP contribution is 2.42. The lowest BCUT2D eigenvalue weighted by Gasteiger charge is -2.12. The van der Waals surface area contributed by atoms with Crippen LogP contribution in [0.5, 0.6) is 0 Å². The standard InChI is InChI=1S/C52H32N4O/c1-2-18-40-33(12-1)13-11-20-41(40)51-52-50(42-19-3-4-23-49(42)57-52)43-30-38(24-25-44(43)56-51)36-16-9-14-34(28-36)35-15-10-17-37(29-35)39-31-47(45-21-5-7-26-53-45)55-48(32-39)46-22-6-8-27-54-46/h1-32H. The summed E-state index contributed by atoms with van der Waals surface area (Å²) >= 11 is 0. The van der Waals surface area contributed by atoms with Crippen LogP contribution in [-0.4, -0.2) is 19.9 Å². The van der Waals surface area contributed by atoms with Gasteiger partial charge in [-0.05, 0) is 111 Å².